The number of nitrogens with zero attached hydrogens (tertiary/aromatic N) is 2. The second kappa shape index (κ2) is 8.69. The molecule has 2 aromatic carbocycles. The number of carbonyl (C=O) groups is 3. The maximum Gasteiger partial charge on any atom is 0.326 e. The first-order chi connectivity index (χ1) is 13.5. The fourth-order valence-electron chi connectivity index (χ4n) is 3.53. The van der Waals surface area contributed by atoms with Gasteiger partial charge in [0, 0.05) is 39.4 Å². The van der Waals surface area contributed by atoms with E-state index in [1.165, 1.54) is 11.8 Å². The second-order valence-electron chi connectivity index (χ2n) is 7.02. The maximum absolute atomic E-state index is 12.8. The highest BCUT2D eigenvalue weighted by Gasteiger charge is 2.34. The second-order valence-corrected chi connectivity index (χ2v) is 7.02. The summed E-state index contributed by atoms with van der Waals surface area (Å²) in [6, 6.07) is 16.3. The highest BCUT2D eigenvalue weighted by atomic mass is 16.4. The minimum Gasteiger partial charge on any atom is -0.480 e. The van der Waals surface area contributed by atoms with Crippen molar-refractivity contribution in [3.05, 3.63) is 71.3 Å². The lowest BCUT2D eigenvalue weighted by molar-refractivity contribution is -0.151. The molecule has 3 rings (SSSR count). The van der Waals surface area contributed by atoms with Gasteiger partial charge in [0.05, 0.1) is 0 Å². The summed E-state index contributed by atoms with van der Waals surface area (Å²) in [5.74, 6) is -1.37. The predicted octanol–water partition coefficient (Wildman–Crippen LogP) is 2.46. The number of carboxylic acid groups (broad SMARTS) is 1. The molecule has 1 aliphatic heterocycles. The number of carboxylic acids is 1. The van der Waals surface area contributed by atoms with Gasteiger partial charge in [-0.3, -0.25) is 9.59 Å². The average molecular weight is 380 g/mol. The molecule has 0 saturated carbocycles. The fourth-order valence-corrected chi connectivity index (χ4v) is 3.53. The summed E-state index contributed by atoms with van der Waals surface area (Å²) in [6.45, 7) is 2.44. The number of amides is 2. The van der Waals surface area contributed by atoms with Crippen molar-refractivity contribution < 1.29 is 19.5 Å². The standard InChI is InChI=1S/C22H24N2O4/c1-16(25)23(14-17-7-3-2-4-8-17)12-11-21(26)24-15-19-10-6-5-9-18(19)13-20(24)22(27)28/h2-10,20H,11-15H2,1H3,(H,27,28). The fraction of sp³-hybridized carbons (Fsp3) is 0.318. The monoisotopic (exact) mass is 380 g/mol. The number of hydrogen-bond donors (Lipinski definition) is 1. The van der Waals surface area contributed by atoms with Crippen LogP contribution < -0.4 is 0 Å². The van der Waals surface area contributed by atoms with Gasteiger partial charge >= 0.3 is 5.97 Å². The minimum atomic E-state index is -1.00. The number of benzene rings is 2. The van der Waals surface area contributed by atoms with Crippen LogP contribution in [-0.4, -0.2) is 45.3 Å². The summed E-state index contributed by atoms with van der Waals surface area (Å²) < 4.78 is 0. The van der Waals surface area contributed by atoms with Crippen molar-refractivity contribution in [1.29, 1.82) is 0 Å². The molecule has 6 nitrogen and oxygen atoms in total. The van der Waals surface area contributed by atoms with E-state index in [9.17, 15) is 19.5 Å². The normalized spacial score (nSPS) is 15.6. The Hall–Kier alpha value is -3.15. The molecule has 0 bridgehead atoms. The first-order valence-electron chi connectivity index (χ1n) is 9.34. The Morgan fingerprint density at radius 1 is 1.04 bits per heavy atom. The van der Waals surface area contributed by atoms with Crippen LogP contribution in [0.3, 0.4) is 0 Å². The number of carbonyl (C=O) groups excluding carboxylic acids is 2. The van der Waals surface area contributed by atoms with Crippen molar-refractivity contribution in [2.75, 3.05) is 6.54 Å². The van der Waals surface area contributed by atoms with E-state index in [1.54, 1.807) is 4.90 Å². The van der Waals surface area contributed by atoms with Crippen LogP contribution in [-0.2, 0) is 33.9 Å². The van der Waals surface area contributed by atoms with Crippen molar-refractivity contribution in [3.63, 3.8) is 0 Å². The Kier molecular flexibility index (Phi) is 6.09. The number of aliphatic carboxylic acids is 1. The summed E-state index contributed by atoms with van der Waals surface area (Å²) >= 11 is 0. The zero-order valence-corrected chi connectivity index (χ0v) is 15.9. The maximum atomic E-state index is 12.8. The molecular weight excluding hydrogens is 356 g/mol. The van der Waals surface area contributed by atoms with Crippen molar-refractivity contribution >= 4 is 17.8 Å². The lowest BCUT2D eigenvalue weighted by Crippen LogP contribution is -2.49. The highest BCUT2D eigenvalue weighted by Crippen LogP contribution is 2.24. The smallest absolute Gasteiger partial charge is 0.326 e. The quantitative estimate of drug-likeness (QED) is 0.835. The molecule has 1 atom stereocenters. The molecule has 6 heteroatoms. The van der Waals surface area contributed by atoms with Crippen LogP contribution in [0.25, 0.3) is 0 Å². The first kappa shape index (κ1) is 19.6. The van der Waals surface area contributed by atoms with Crippen LogP contribution in [0.1, 0.15) is 30.0 Å². The topological polar surface area (TPSA) is 77.9 Å². The van der Waals surface area contributed by atoms with Crippen LogP contribution in [0.4, 0.5) is 0 Å². The summed E-state index contributed by atoms with van der Waals surface area (Å²) in [6.07, 6.45) is 0.399. The van der Waals surface area contributed by atoms with Gasteiger partial charge in [0.15, 0.2) is 0 Å². The lowest BCUT2D eigenvalue weighted by atomic mass is 9.93. The summed E-state index contributed by atoms with van der Waals surface area (Å²) in [5.41, 5.74) is 2.93. The molecule has 1 aliphatic rings. The molecule has 0 spiro atoms. The number of hydrogen-bond acceptors (Lipinski definition) is 3. The molecule has 1 heterocycles. The van der Waals surface area contributed by atoms with E-state index in [0.717, 1.165) is 16.7 Å². The van der Waals surface area contributed by atoms with Gasteiger partial charge in [0.2, 0.25) is 11.8 Å². The minimum absolute atomic E-state index is 0.0956. The van der Waals surface area contributed by atoms with E-state index in [4.69, 9.17) is 0 Å². The average Bonchev–Trinajstić information content (AvgIpc) is 2.70. The van der Waals surface area contributed by atoms with Gasteiger partial charge in [0.25, 0.3) is 0 Å². The van der Waals surface area contributed by atoms with E-state index in [2.05, 4.69) is 0 Å². The van der Waals surface area contributed by atoms with Crippen molar-refractivity contribution in [2.24, 2.45) is 0 Å². The molecule has 2 aromatic rings. The predicted molar refractivity (Wildman–Crippen MR) is 104 cm³/mol. The largest absolute Gasteiger partial charge is 0.480 e. The van der Waals surface area contributed by atoms with Crippen molar-refractivity contribution in [3.8, 4) is 0 Å². The summed E-state index contributed by atoms with van der Waals surface area (Å²) in [4.78, 5) is 39.5. The van der Waals surface area contributed by atoms with E-state index in [0.29, 0.717) is 13.0 Å². The Balaban J connectivity index is 1.68. The Bertz CT molecular complexity index is 866. The molecule has 146 valence electrons. The Labute approximate surface area is 164 Å². The third kappa shape index (κ3) is 4.57. The molecule has 0 aliphatic carbocycles. The van der Waals surface area contributed by atoms with E-state index in [1.807, 2.05) is 54.6 Å². The van der Waals surface area contributed by atoms with Crippen LogP contribution >= 0.6 is 0 Å². The van der Waals surface area contributed by atoms with Crippen LogP contribution in [0.15, 0.2) is 54.6 Å². The number of rotatable bonds is 6. The lowest BCUT2D eigenvalue weighted by Gasteiger charge is -2.35. The molecule has 0 saturated heterocycles. The van der Waals surface area contributed by atoms with Gasteiger partial charge in [-0.05, 0) is 16.7 Å². The molecule has 0 fully saturated rings. The third-order valence-electron chi connectivity index (χ3n) is 5.11. The van der Waals surface area contributed by atoms with Gasteiger partial charge in [-0.1, -0.05) is 54.6 Å². The van der Waals surface area contributed by atoms with Crippen LogP contribution in [0, 0.1) is 0 Å². The molecule has 1 N–H and O–H groups in total. The van der Waals surface area contributed by atoms with Crippen molar-refractivity contribution in [1.82, 2.24) is 9.80 Å². The van der Waals surface area contributed by atoms with Crippen molar-refractivity contribution in [2.45, 2.75) is 38.9 Å². The molecule has 2 amide bonds. The van der Waals surface area contributed by atoms with Gasteiger partial charge in [-0.15, -0.1) is 0 Å². The zero-order chi connectivity index (χ0) is 20.1. The van der Waals surface area contributed by atoms with E-state index < -0.39 is 12.0 Å². The Morgan fingerprint density at radius 2 is 1.68 bits per heavy atom. The molecule has 0 aromatic heterocycles. The van der Waals surface area contributed by atoms with E-state index >= 15 is 0 Å². The highest BCUT2D eigenvalue weighted by molar-refractivity contribution is 5.85. The van der Waals surface area contributed by atoms with Gasteiger partial charge in [0.1, 0.15) is 6.04 Å². The molecule has 1 unspecified atom stereocenters. The Morgan fingerprint density at radius 3 is 2.32 bits per heavy atom. The van der Waals surface area contributed by atoms with Crippen LogP contribution in [0.2, 0.25) is 0 Å². The third-order valence-corrected chi connectivity index (χ3v) is 5.11. The van der Waals surface area contributed by atoms with Crippen LogP contribution in [0.5, 0.6) is 0 Å². The zero-order valence-electron chi connectivity index (χ0n) is 15.9. The first-order valence-corrected chi connectivity index (χ1v) is 9.34. The number of fused-ring (bicyclic) bond motifs is 1. The van der Waals surface area contributed by atoms with Gasteiger partial charge < -0.3 is 14.9 Å². The van der Waals surface area contributed by atoms with Gasteiger partial charge in [-0.25, -0.2) is 4.79 Å². The van der Waals surface area contributed by atoms with Gasteiger partial charge in [-0.2, -0.15) is 0 Å². The SMILES string of the molecule is CC(=O)N(CCC(=O)N1Cc2ccccc2CC1C(=O)O)Cc1ccccc1. The summed E-state index contributed by atoms with van der Waals surface area (Å²) in [7, 11) is 0. The molecule has 0 radical (unpaired) electrons. The molecular formula is C22H24N2O4. The summed E-state index contributed by atoms with van der Waals surface area (Å²) in [5, 5.41) is 9.59. The van der Waals surface area contributed by atoms with E-state index in [-0.39, 0.29) is 31.3 Å². The molecule has 28 heavy (non-hydrogen) atoms.